The fourth-order valence-corrected chi connectivity index (χ4v) is 5.17. The van der Waals surface area contributed by atoms with E-state index in [0.29, 0.717) is 25.1 Å². The molecule has 160 valence electrons. The van der Waals surface area contributed by atoms with Crippen LogP contribution in [-0.2, 0) is 14.8 Å². The van der Waals surface area contributed by atoms with Gasteiger partial charge >= 0.3 is 0 Å². The van der Waals surface area contributed by atoms with E-state index in [1.807, 2.05) is 30.3 Å². The van der Waals surface area contributed by atoms with Crippen LogP contribution in [0, 0.1) is 0 Å². The maximum Gasteiger partial charge on any atom is 0.243 e. The minimum Gasteiger partial charge on any atom is -0.340 e. The first kappa shape index (κ1) is 22.2. The molecule has 1 aliphatic heterocycles. The normalized spacial score (nSPS) is 16.3. The molecule has 0 aromatic heterocycles. The van der Waals surface area contributed by atoms with Crippen LogP contribution in [0.2, 0.25) is 0 Å². The number of carbonyl (C=O) groups excluding carboxylic acids is 2. The van der Waals surface area contributed by atoms with Gasteiger partial charge in [-0.15, -0.1) is 0 Å². The van der Waals surface area contributed by atoms with E-state index in [4.69, 9.17) is 0 Å². The number of nitrogens with zero attached hydrogens (tertiary/aromatic N) is 2. The topological polar surface area (TPSA) is 74.8 Å². The zero-order chi connectivity index (χ0) is 21.7. The summed E-state index contributed by atoms with van der Waals surface area (Å²) < 4.78 is 27.2. The molecule has 7 heteroatoms. The Kier molecular flexibility index (Phi) is 7.05. The largest absolute Gasteiger partial charge is 0.340 e. The van der Waals surface area contributed by atoms with Gasteiger partial charge in [0.05, 0.1) is 4.90 Å². The molecule has 0 radical (unpaired) electrons. The number of Topliss-reactive ketones (excluding diaryl/α,β-unsaturated/α-hetero) is 1. The van der Waals surface area contributed by atoms with Gasteiger partial charge in [-0.3, -0.25) is 9.59 Å². The fourth-order valence-electron chi connectivity index (χ4n) is 3.75. The van der Waals surface area contributed by atoms with Crippen LogP contribution in [0.4, 0.5) is 0 Å². The highest BCUT2D eigenvalue weighted by atomic mass is 32.2. The van der Waals surface area contributed by atoms with Gasteiger partial charge in [0.1, 0.15) is 0 Å². The van der Waals surface area contributed by atoms with E-state index in [1.54, 1.807) is 4.90 Å². The van der Waals surface area contributed by atoms with Crippen molar-refractivity contribution in [2.24, 2.45) is 0 Å². The molecular formula is C23H28N2O4S. The molecular weight excluding hydrogens is 400 g/mol. The van der Waals surface area contributed by atoms with E-state index in [9.17, 15) is 18.0 Å². The zero-order valence-electron chi connectivity index (χ0n) is 17.5. The van der Waals surface area contributed by atoms with Crippen LogP contribution >= 0.6 is 0 Å². The number of hydrogen-bond acceptors (Lipinski definition) is 4. The first-order valence-corrected chi connectivity index (χ1v) is 11.7. The Labute approximate surface area is 178 Å². The Morgan fingerprint density at radius 1 is 0.933 bits per heavy atom. The molecule has 1 fully saturated rings. The molecule has 1 amide bonds. The lowest BCUT2D eigenvalue weighted by molar-refractivity contribution is -0.132. The maximum atomic E-state index is 12.9. The minimum atomic E-state index is -3.64. The SMILES string of the molecule is CCC(CC(=O)N1CCN(S(=O)(=O)c2ccc(C(C)=O)cc2)CC1)c1ccccc1. The Morgan fingerprint density at radius 3 is 2.07 bits per heavy atom. The van der Waals surface area contributed by atoms with E-state index in [1.165, 1.54) is 35.5 Å². The standard InChI is InChI=1S/C23H28N2O4S/c1-3-19(21-7-5-4-6-8-21)17-23(27)24-13-15-25(16-14-24)30(28,29)22-11-9-20(10-12-22)18(2)26/h4-12,19H,3,13-17H2,1-2H3. The molecule has 3 rings (SSSR count). The summed E-state index contributed by atoms with van der Waals surface area (Å²) in [6.45, 7) is 4.83. The molecule has 0 bridgehead atoms. The van der Waals surface area contributed by atoms with E-state index in [2.05, 4.69) is 6.92 Å². The molecule has 0 spiro atoms. The summed E-state index contributed by atoms with van der Waals surface area (Å²) in [5.74, 6) is 0.126. The fraction of sp³-hybridized carbons (Fsp3) is 0.391. The van der Waals surface area contributed by atoms with E-state index in [0.717, 1.165) is 12.0 Å². The summed E-state index contributed by atoms with van der Waals surface area (Å²) in [6.07, 6.45) is 1.31. The summed E-state index contributed by atoms with van der Waals surface area (Å²) >= 11 is 0. The molecule has 0 saturated carbocycles. The highest BCUT2D eigenvalue weighted by molar-refractivity contribution is 7.89. The molecule has 1 atom stereocenters. The van der Waals surface area contributed by atoms with Gasteiger partial charge in [-0.25, -0.2) is 8.42 Å². The Balaban J connectivity index is 1.60. The number of hydrogen-bond donors (Lipinski definition) is 0. The van der Waals surface area contributed by atoms with Crippen molar-refractivity contribution in [3.63, 3.8) is 0 Å². The molecule has 1 saturated heterocycles. The number of amides is 1. The van der Waals surface area contributed by atoms with Gasteiger partial charge in [0.15, 0.2) is 5.78 Å². The zero-order valence-corrected chi connectivity index (χ0v) is 18.3. The van der Waals surface area contributed by atoms with Crippen molar-refractivity contribution in [2.75, 3.05) is 26.2 Å². The summed E-state index contributed by atoms with van der Waals surface area (Å²) in [5, 5.41) is 0. The Hall–Kier alpha value is -2.51. The summed E-state index contributed by atoms with van der Waals surface area (Å²) in [5.41, 5.74) is 1.64. The van der Waals surface area contributed by atoms with Gasteiger partial charge in [0, 0.05) is 38.2 Å². The Morgan fingerprint density at radius 2 is 1.53 bits per heavy atom. The van der Waals surface area contributed by atoms with Crippen molar-refractivity contribution >= 4 is 21.7 Å². The van der Waals surface area contributed by atoms with Gasteiger partial charge in [-0.05, 0) is 37.0 Å². The lowest BCUT2D eigenvalue weighted by Crippen LogP contribution is -2.50. The van der Waals surface area contributed by atoms with Crippen LogP contribution in [0.15, 0.2) is 59.5 Å². The van der Waals surface area contributed by atoms with E-state index < -0.39 is 10.0 Å². The summed E-state index contributed by atoms with van der Waals surface area (Å²) in [6, 6.07) is 16.0. The van der Waals surface area contributed by atoms with Crippen molar-refractivity contribution in [3.05, 3.63) is 65.7 Å². The van der Waals surface area contributed by atoms with Crippen LogP contribution in [0.5, 0.6) is 0 Å². The van der Waals surface area contributed by atoms with Crippen molar-refractivity contribution in [1.29, 1.82) is 0 Å². The lowest BCUT2D eigenvalue weighted by atomic mass is 9.92. The molecule has 1 unspecified atom stereocenters. The van der Waals surface area contributed by atoms with Crippen molar-refractivity contribution in [3.8, 4) is 0 Å². The number of sulfonamides is 1. The van der Waals surface area contributed by atoms with Crippen molar-refractivity contribution < 1.29 is 18.0 Å². The predicted octanol–water partition coefficient (Wildman–Crippen LogP) is 3.31. The number of ketones is 1. The van der Waals surface area contributed by atoms with Gasteiger partial charge in [-0.1, -0.05) is 49.4 Å². The molecule has 2 aromatic carbocycles. The average molecular weight is 429 g/mol. The van der Waals surface area contributed by atoms with Gasteiger partial charge in [-0.2, -0.15) is 4.31 Å². The molecule has 30 heavy (non-hydrogen) atoms. The Bertz CT molecular complexity index is 980. The predicted molar refractivity (Wildman–Crippen MR) is 116 cm³/mol. The molecule has 2 aromatic rings. The third-order valence-electron chi connectivity index (χ3n) is 5.67. The average Bonchev–Trinajstić information content (AvgIpc) is 2.78. The minimum absolute atomic E-state index is 0.0635. The first-order chi connectivity index (χ1) is 14.3. The van der Waals surface area contributed by atoms with E-state index >= 15 is 0 Å². The second-order valence-electron chi connectivity index (χ2n) is 7.59. The van der Waals surface area contributed by atoms with Crippen LogP contribution in [0.1, 0.15) is 48.5 Å². The van der Waals surface area contributed by atoms with E-state index in [-0.39, 0.29) is 35.6 Å². The lowest BCUT2D eigenvalue weighted by Gasteiger charge is -2.34. The van der Waals surface area contributed by atoms with Crippen LogP contribution in [0.3, 0.4) is 0 Å². The second-order valence-corrected chi connectivity index (χ2v) is 9.52. The maximum absolute atomic E-state index is 12.9. The smallest absolute Gasteiger partial charge is 0.243 e. The van der Waals surface area contributed by atoms with Crippen LogP contribution in [0.25, 0.3) is 0 Å². The second kappa shape index (κ2) is 9.53. The quantitative estimate of drug-likeness (QED) is 0.634. The first-order valence-electron chi connectivity index (χ1n) is 10.3. The van der Waals surface area contributed by atoms with Crippen LogP contribution < -0.4 is 0 Å². The molecule has 1 heterocycles. The van der Waals surface area contributed by atoms with Crippen molar-refractivity contribution in [2.45, 2.75) is 37.5 Å². The summed E-state index contributed by atoms with van der Waals surface area (Å²) in [4.78, 5) is 26.1. The van der Waals surface area contributed by atoms with Gasteiger partial charge in [0.2, 0.25) is 15.9 Å². The third-order valence-corrected chi connectivity index (χ3v) is 7.59. The molecule has 0 N–H and O–H groups in total. The summed E-state index contributed by atoms with van der Waals surface area (Å²) in [7, 11) is -3.64. The third kappa shape index (κ3) is 4.96. The van der Waals surface area contributed by atoms with Gasteiger partial charge < -0.3 is 4.90 Å². The molecule has 6 nitrogen and oxygen atoms in total. The molecule has 0 aliphatic carbocycles. The highest BCUT2D eigenvalue weighted by Crippen LogP contribution is 2.25. The number of carbonyl (C=O) groups is 2. The number of benzene rings is 2. The molecule has 1 aliphatic rings. The van der Waals surface area contributed by atoms with Crippen LogP contribution in [-0.4, -0.2) is 55.5 Å². The van der Waals surface area contributed by atoms with Crippen molar-refractivity contribution in [1.82, 2.24) is 9.21 Å². The number of piperazine rings is 1. The number of rotatable bonds is 7. The monoisotopic (exact) mass is 428 g/mol. The highest BCUT2D eigenvalue weighted by Gasteiger charge is 2.30. The van der Waals surface area contributed by atoms with Gasteiger partial charge in [0.25, 0.3) is 0 Å².